The fourth-order valence-electron chi connectivity index (χ4n) is 3.92. The number of anilines is 2. The van der Waals surface area contributed by atoms with E-state index in [4.69, 9.17) is 0 Å². The van der Waals surface area contributed by atoms with E-state index in [-0.39, 0.29) is 29.7 Å². The molecular weight excluding hydrogens is 450 g/mol. The zero-order valence-electron chi connectivity index (χ0n) is 19.1. The summed E-state index contributed by atoms with van der Waals surface area (Å²) in [6.07, 6.45) is 0.135. The molecule has 0 saturated carbocycles. The fourth-order valence-corrected chi connectivity index (χ4v) is 5.08. The Balaban J connectivity index is 1.39. The highest BCUT2D eigenvalue weighted by molar-refractivity contribution is 7.89. The van der Waals surface area contributed by atoms with E-state index in [1.165, 1.54) is 23.5 Å². The third-order valence-electron chi connectivity index (χ3n) is 5.92. The number of hydrogen-bond acceptors (Lipinski definition) is 4. The molecule has 1 fully saturated rings. The Morgan fingerprint density at radius 2 is 1.65 bits per heavy atom. The molecule has 1 N–H and O–H groups in total. The van der Waals surface area contributed by atoms with Crippen molar-refractivity contribution in [2.75, 3.05) is 23.8 Å². The van der Waals surface area contributed by atoms with Crippen molar-refractivity contribution >= 4 is 33.2 Å². The summed E-state index contributed by atoms with van der Waals surface area (Å²) in [5.41, 5.74) is 3.25. The second-order valence-corrected chi connectivity index (χ2v) is 10.5. The molecule has 4 rings (SSSR count). The minimum Gasteiger partial charge on any atom is -0.326 e. The lowest BCUT2D eigenvalue weighted by Gasteiger charge is -2.18. The van der Waals surface area contributed by atoms with Crippen molar-refractivity contribution in [3.05, 3.63) is 90.0 Å². The molecule has 7 nitrogen and oxygen atoms in total. The van der Waals surface area contributed by atoms with Gasteiger partial charge in [-0.15, -0.1) is 0 Å². The molecule has 0 spiro atoms. The van der Waals surface area contributed by atoms with Crippen LogP contribution in [0.1, 0.15) is 17.5 Å². The van der Waals surface area contributed by atoms with Gasteiger partial charge in [0.15, 0.2) is 0 Å². The quantitative estimate of drug-likeness (QED) is 0.561. The number of carbonyl (C=O) groups excluding carboxylic acids is 2. The average Bonchev–Trinajstić information content (AvgIpc) is 3.22. The standard InChI is InChI=1S/C26H27N3O4S/c1-19-8-12-23(13-9-19)29-18-21(16-25(29)30)26(31)27-22-10-14-24(15-11-22)34(32,33)28(2)17-20-6-4-3-5-7-20/h3-15,21H,16-18H2,1-2H3,(H,27,31)/t21-/m0/s1. The van der Waals surface area contributed by atoms with E-state index in [9.17, 15) is 18.0 Å². The van der Waals surface area contributed by atoms with Gasteiger partial charge in [0, 0.05) is 37.9 Å². The summed E-state index contributed by atoms with van der Waals surface area (Å²) in [5, 5.41) is 2.81. The van der Waals surface area contributed by atoms with E-state index in [0.717, 1.165) is 16.8 Å². The summed E-state index contributed by atoms with van der Waals surface area (Å²) >= 11 is 0. The van der Waals surface area contributed by atoms with Crippen LogP contribution >= 0.6 is 0 Å². The van der Waals surface area contributed by atoms with Gasteiger partial charge in [-0.3, -0.25) is 9.59 Å². The smallest absolute Gasteiger partial charge is 0.243 e. The van der Waals surface area contributed by atoms with Gasteiger partial charge >= 0.3 is 0 Å². The summed E-state index contributed by atoms with van der Waals surface area (Å²) in [5.74, 6) is -0.833. The Labute approximate surface area is 200 Å². The number of hydrogen-bond donors (Lipinski definition) is 1. The highest BCUT2D eigenvalue weighted by atomic mass is 32.2. The monoisotopic (exact) mass is 477 g/mol. The van der Waals surface area contributed by atoms with Crippen LogP contribution in [0.4, 0.5) is 11.4 Å². The first-order valence-electron chi connectivity index (χ1n) is 11.0. The summed E-state index contributed by atoms with van der Waals surface area (Å²) in [6, 6.07) is 23.1. The Bertz CT molecular complexity index is 1270. The van der Waals surface area contributed by atoms with Gasteiger partial charge in [0.2, 0.25) is 21.8 Å². The van der Waals surface area contributed by atoms with Gasteiger partial charge in [-0.2, -0.15) is 4.31 Å². The van der Waals surface area contributed by atoms with Crippen molar-refractivity contribution in [1.29, 1.82) is 0 Å². The van der Waals surface area contributed by atoms with E-state index in [0.29, 0.717) is 12.2 Å². The molecule has 8 heteroatoms. The Kier molecular flexibility index (Phi) is 6.81. The molecule has 1 saturated heterocycles. The van der Waals surface area contributed by atoms with Crippen LogP contribution in [0, 0.1) is 12.8 Å². The van der Waals surface area contributed by atoms with Crippen molar-refractivity contribution in [3.63, 3.8) is 0 Å². The lowest BCUT2D eigenvalue weighted by atomic mass is 10.1. The number of aryl methyl sites for hydroxylation is 1. The van der Waals surface area contributed by atoms with Gasteiger partial charge in [0.05, 0.1) is 10.8 Å². The largest absolute Gasteiger partial charge is 0.326 e. The zero-order valence-corrected chi connectivity index (χ0v) is 20.0. The summed E-state index contributed by atoms with van der Waals surface area (Å²) < 4.78 is 27.1. The predicted molar refractivity (Wildman–Crippen MR) is 132 cm³/mol. The van der Waals surface area contributed by atoms with Crippen LogP contribution < -0.4 is 10.2 Å². The molecule has 1 aliphatic rings. The molecule has 0 bridgehead atoms. The van der Waals surface area contributed by atoms with Gasteiger partial charge in [0.1, 0.15) is 0 Å². The van der Waals surface area contributed by atoms with Crippen molar-refractivity contribution in [1.82, 2.24) is 4.31 Å². The fraction of sp³-hybridized carbons (Fsp3) is 0.231. The molecule has 1 atom stereocenters. The van der Waals surface area contributed by atoms with Gasteiger partial charge in [0.25, 0.3) is 0 Å². The first-order valence-corrected chi connectivity index (χ1v) is 12.5. The van der Waals surface area contributed by atoms with E-state index in [1.54, 1.807) is 17.0 Å². The molecule has 0 aromatic heterocycles. The minimum absolute atomic E-state index is 0.0908. The highest BCUT2D eigenvalue weighted by Gasteiger charge is 2.35. The number of nitrogens with zero attached hydrogens (tertiary/aromatic N) is 2. The van der Waals surface area contributed by atoms with Crippen LogP contribution in [-0.2, 0) is 26.2 Å². The van der Waals surface area contributed by atoms with Gasteiger partial charge in [-0.05, 0) is 48.9 Å². The normalized spacial score (nSPS) is 16.1. The number of rotatable bonds is 7. The van der Waals surface area contributed by atoms with Crippen LogP contribution in [0.15, 0.2) is 83.8 Å². The molecule has 176 valence electrons. The van der Waals surface area contributed by atoms with Crippen molar-refractivity contribution in [2.45, 2.75) is 24.8 Å². The number of benzene rings is 3. The Morgan fingerprint density at radius 3 is 2.29 bits per heavy atom. The molecule has 2 amide bonds. The molecule has 3 aromatic rings. The molecule has 1 aliphatic heterocycles. The van der Waals surface area contributed by atoms with Gasteiger partial charge in [-0.25, -0.2) is 8.42 Å². The third kappa shape index (κ3) is 5.18. The first kappa shape index (κ1) is 23.7. The maximum atomic E-state index is 12.9. The summed E-state index contributed by atoms with van der Waals surface area (Å²) in [4.78, 5) is 27.0. The van der Waals surface area contributed by atoms with Gasteiger partial charge in [-0.1, -0.05) is 48.0 Å². The zero-order chi connectivity index (χ0) is 24.3. The van der Waals surface area contributed by atoms with Crippen molar-refractivity contribution in [2.24, 2.45) is 5.92 Å². The lowest BCUT2D eigenvalue weighted by Crippen LogP contribution is -2.28. The minimum atomic E-state index is -3.68. The topological polar surface area (TPSA) is 86.8 Å². The van der Waals surface area contributed by atoms with E-state index < -0.39 is 15.9 Å². The molecule has 34 heavy (non-hydrogen) atoms. The van der Waals surface area contributed by atoms with Crippen LogP contribution in [0.3, 0.4) is 0 Å². The number of amides is 2. The van der Waals surface area contributed by atoms with E-state index in [2.05, 4.69) is 5.32 Å². The Hall–Kier alpha value is -3.49. The number of sulfonamides is 1. The van der Waals surface area contributed by atoms with E-state index in [1.807, 2.05) is 61.5 Å². The lowest BCUT2D eigenvalue weighted by molar-refractivity contribution is -0.122. The maximum Gasteiger partial charge on any atom is 0.243 e. The second-order valence-electron chi connectivity index (χ2n) is 8.50. The predicted octanol–water partition coefficient (Wildman–Crippen LogP) is 3.81. The molecule has 3 aromatic carbocycles. The molecular formula is C26H27N3O4S. The van der Waals surface area contributed by atoms with Gasteiger partial charge < -0.3 is 10.2 Å². The maximum absolute atomic E-state index is 12.9. The van der Waals surface area contributed by atoms with Crippen LogP contribution in [-0.4, -0.2) is 38.1 Å². The molecule has 0 unspecified atom stereocenters. The molecule has 0 aliphatic carbocycles. The van der Waals surface area contributed by atoms with Crippen LogP contribution in [0.5, 0.6) is 0 Å². The van der Waals surface area contributed by atoms with Crippen molar-refractivity contribution in [3.8, 4) is 0 Å². The van der Waals surface area contributed by atoms with Crippen LogP contribution in [0.25, 0.3) is 0 Å². The first-order chi connectivity index (χ1) is 16.2. The second kappa shape index (κ2) is 9.79. The van der Waals surface area contributed by atoms with Crippen LogP contribution in [0.2, 0.25) is 0 Å². The summed E-state index contributed by atoms with van der Waals surface area (Å²) in [6.45, 7) is 2.54. The molecule has 1 heterocycles. The average molecular weight is 478 g/mol. The highest BCUT2D eigenvalue weighted by Crippen LogP contribution is 2.27. The summed E-state index contributed by atoms with van der Waals surface area (Å²) in [7, 11) is -2.14. The van der Waals surface area contributed by atoms with E-state index >= 15 is 0 Å². The molecule has 0 radical (unpaired) electrons. The van der Waals surface area contributed by atoms with Crippen molar-refractivity contribution < 1.29 is 18.0 Å². The number of carbonyl (C=O) groups is 2. The Morgan fingerprint density at radius 1 is 1.00 bits per heavy atom. The SMILES string of the molecule is Cc1ccc(N2C[C@@H](C(=O)Nc3ccc(S(=O)(=O)N(C)Cc4ccccc4)cc3)CC2=O)cc1. The number of nitrogens with one attached hydrogen (secondary N) is 1. The third-order valence-corrected chi connectivity index (χ3v) is 7.74.